The number of aryl methyl sites for hydroxylation is 2. The van der Waals surface area contributed by atoms with Gasteiger partial charge in [0.25, 0.3) is 0 Å². The molecule has 8 rings (SSSR count). The lowest BCUT2D eigenvalue weighted by molar-refractivity contribution is -0.130. The van der Waals surface area contributed by atoms with Crippen molar-refractivity contribution in [2.75, 3.05) is 4.90 Å². The summed E-state index contributed by atoms with van der Waals surface area (Å²) in [7, 11) is 0. The van der Waals surface area contributed by atoms with E-state index >= 15 is 14.4 Å². The fourth-order valence-electron chi connectivity index (χ4n) is 8.46. The molecule has 1 heterocycles. The Bertz CT molecular complexity index is 2010. The first-order valence-electron chi connectivity index (χ1n) is 15.6. The summed E-state index contributed by atoms with van der Waals surface area (Å²) in [5.41, 5.74) is 4.00. The predicted octanol–water partition coefficient (Wildman–Crippen LogP) is 8.80. The second-order valence-electron chi connectivity index (χ2n) is 12.7. The van der Waals surface area contributed by atoms with Crippen LogP contribution in [0.15, 0.2) is 127 Å². The van der Waals surface area contributed by atoms with Crippen LogP contribution in [0.1, 0.15) is 33.4 Å². The van der Waals surface area contributed by atoms with Crippen LogP contribution in [0, 0.1) is 25.7 Å². The minimum absolute atomic E-state index is 0.160. The quantitative estimate of drug-likeness (QED) is 0.178. The summed E-state index contributed by atoms with van der Waals surface area (Å²) < 4.78 is 0. The molecule has 2 bridgehead atoms. The number of hydrogen-bond acceptors (Lipinski definition) is 3. The zero-order chi connectivity index (χ0) is 32.7. The molecule has 47 heavy (non-hydrogen) atoms. The maximum Gasteiger partial charge on any atom is 0.239 e. The van der Waals surface area contributed by atoms with Crippen molar-refractivity contribution in [2.45, 2.75) is 24.7 Å². The largest absolute Gasteiger partial charge is 0.297 e. The summed E-state index contributed by atoms with van der Waals surface area (Å²) in [6, 6.07) is 40.0. The number of rotatable bonds is 5. The van der Waals surface area contributed by atoms with E-state index in [4.69, 9.17) is 23.2 Å². The molecule has 4 nitrogen and oxygen atoms in total. The predicted molar refractivity (Wildman–Crippen MR) is 186 cm³/mol. The third-order valence-electron chi connectivity index (χ3n) is 10.3. The number of hydrogen-bond donors (Lipinski definition) is 0. The number of Topliss-reactive ketones (excluding diaryl/α,β-unsaturated/α-hetero) is 1. The number of fused-ring (bicyclic) bond motifs is 5. The van der Waals surface area contributed by atoms with Gasteiger partial charge in [-0.25, -0.2) is 4.90 Å². The average Bonchev–Trinajstić information content (AvgIpc) is 3.58. The number of amides is 2. The minimum Gasteiger partial charge on any atom is -0.297 e. The maximum atomic E-state index is 16.0. The number of benzene rings is 5. The monoisotopic (exact) mass is 653 g/mol. The number of anilines is 1. The minimum atomic E-state index is -1.47. The molecular formula is C41H29Cl2NO3. The highest BCUT2D eigenvalue weighted by Crippen LogP contribution is 2.74. The summed E-state index contributed by atoms with van der Waals surface area (Å²) >= 11 is 12.9. The summed E-state index contributed by atoms with van der Waals surface area (Å²) in [5, 5.41) is 0.575. The van der Waals surface area contributed by atoms with Gasteiger partial charge in [-0.15, -0.1) is 0 Å². The van der Waals surface area contributed by atoms with E-state index < -0.39 is 34.5 Å². The van der Waals surface area contributed by atoms with E-state index in [1.165, 1.54) is 11.0 Å². The number of halogens is 2. The van der Waals surface area contributed by atoms with Crippen molar-refractivity contribution in [1.82, 2.24) is 0 Å². The maximum absolute atomic E-state index is 16.0. The highest BCUT2D eigenvalue weighted by atomic mass is 35.5. The number of imide groups is 1. The second-order valence-corrected chi connectivity index (χ2v) is 13.6. The normalized spacial score (nSPS) is 24.8. The van der Waals surface area contributed by atoms with Gasteiger partial charge in [-0.2, -0.15) is 0 Å². The van der Waals surface area contributed by atoms with Crippen molar-refractivity contribution >= 4 is 57.6 Å². The first kappa shape index (κ1) is 29.6. The van der Waals surface area contributed by atoms with Crippen LogP contribution >= 0.6 is 23.2 Å². The summed E-state index contributed by atoms with van der Waals surface area (Å²) in [6.45, 7) is 4.04. The molecule has 5 aromatic rings. The topological polar surface area (TPSA) is 54.5 Å². The number of carbonyl (C=O) groups is 3. The molecule has 3 aliphatic rings. The third-order valence-corrected chi connectivity index (χ3v) is 10.8. The lowest BCUT2D eigenvalue weighted by atomic mass is 9.59. The van der Waals surface area contributed by atoms with Crippen LogP contribution in [0.25, 0.3) is 11.1 Å². The molecule has 2 aliphatic carbocycles. The van der Waals surface area contributed by atoms with Crippen molar-refractivity contribution in [2.24, 2.45) is 11.8 Å². The van der Waals surface area contributed by atoms with Crippen molar-refractivity contribution in [1.29, 1.82) is 0 Å². The van der Waals surface area contributed by atoms with Crippen molar-refractivity contribution < 1.29 is 14.4 Å². The van der Waals surface area contributed by atoms with Gasteiger partial charge in [-0.1, -0.05) is 144 Å². The Labute approximate surface area is 283 Å². The van der Waals surface area contributed by atoms with E-state index in [9.17, 15) is 0 Å². The number of carbonyl (C=O) groups excluding carboxylic acids is 3. The molecule has 1 aliphatic heterocycles. The van der Waals surface area contributed by atoms with Gasteiger partial charge in [0.1, 0.15) is 0 Å². The first-order valence-corrected chi connectivity index (χ1v) is 16.4. The van der Waals surface area contributed by atoms with Gasteiger partial charge in [0.2, 0.25) is 11.8 Å². The molecule has 1 saturated carbocycles. The summed E-state index contributed by atoms with van der Waals surface area (Å²) in [6.07, 6.45) is 0. The Morgan fingerprint density at radius 1 is 0.553 bits per heavy atom. The Hall–Kier alpha value is -4.77. The van der Waals surface area contributed by atoms with Crippen molar-refractivity contribution in [3.63, 3.8) is 0 Å². The molecule has 230 valence electrons. The van der Waals surface area contributed by atoms with E-state index in [0.29, 0.717) is 16.1 Å². The number of ketones is 1. The first-order chi connectivity index (χ1) is 22.7. The van der Waals surface area contributed by atoms with Gasteiger partial charge >= 0.3 is 0 Å². The van der Waals surface area contributed by atoms with Crippen LogP contribution < -0.4 is 4.90 Å². The van der Waals surface area contributed by atoms with Crippen LogP contribution in [-0.4, -0.2) is 17.6 Å². The van der Waals surface area contributed by atoms with E-state index in [2.05, 4.69) is 0 Å². The van der Waals surface area contributed by atoms with Crippen LogP contribution in [0.3, 0.4) is 0 Å². The third kappa shape index (κ3) is 3.86. The smallest absolute Gasteiger partial charge is 0.239 e. The molecular weight excluding hydrogens is 625 g/mol. The molecule has 2 fully saturated rings. The highest BCUT2D eigenvalue weighted by molar-refractivity contribution is 6.42. The van der Waals surface area contributed by atoms with E-state index in [1.807, 2.05) is 123 Å². The average molecular weight is 655 g/mol. The van der Waals surface area contributed by atoms with E-state index in [0.717, 1.165) is 33.4 Å². The second kappa shape index (κ2) is 10.6. The van der Waals surface area contributed by atoms with Gasteiger partial charge in [-0.3, -0.25) is 14.4 Å². The molecule has 1 saturated heterocycles. The summed E-state index contributed by atoms with van der Waals surface area (Å²) in [5.74, 6) is -3.12. The zero-order valence-electron chi connectivity index (χ0n) is 25.7. The molecule has 0 radical (unpaired) electrons. The molecule has 5 aromatic carbocycles. The Morgan fingerprint density at radius 3 is 1.38 bits per heavy atom. The fourth-order valence-corrected chi connectivity index (χ4v) is 8.96. The standard InChI is InChI=1S/C41H29Cl2NO3/c1-24-13-17-26(18-14-24)33-34(27-19-15-25(2)16-20-27)41(29-11-7-4-8-12-29)36-35(40(33,39(41)47)28-9-5-3-6-10-28)37(45)44(38(36)46)32-22-21-30(42)23-31(32)43/h3-23,35-36H,1-2H3/t35-,36-,40-,41-/m1/s1. The molecule has 0 spiro atoms. The van der Waals surface area contributed by atoms with Crippen molar-refractivity contribution in [3.8, 4) is 0 Å². The van der Waals surface area contributed by atoms with Gasteiger partial charge in [0, 0.05) is 5.02 Å². The summed E-state index contributed by atoms with van der Waals surface area (Å²) in [4.78, 5) is 47.3. The Balaban J connectivity index is 1.56. The molecule has 4 atom stereocenters. The van der Waals surface area contributed by atoms with Gasteiger partial charge in [-0.05, 0) is 65.4 Å². The molecule has 2 amide bonds. The molecule has 0 aromatic heterocycles. The van der Waals surface area contributed by atoms with Gasteiger partial charge in [0.05, 0.1) is 33.4 Å². The number of allylic oxidation sites excluding steroid dienone is 2. The molecule has 0 unspecified atom stereocenters. The highest BCUT2D eigenvalue weighted by Gasteiger charge is 2.82. The Kier molecular flexibility index (Phi) is 6.70. The van der Waals surface area contributed by atoms with Crippen LogP contribution in [0.5, 0.6) is 0 Å². The van der Waals surface area contributed by atoms with E-state index in [-0.39, 0.29) is 16.5 Å². The molecule has 6 heteroatoms. The number of nitrogens with zero attached hydrogens (tertiary/aromatic N) is 1. The van der Waals surface area contributed by atoms with Crippen LogP contribution in [0.4, 0.5) is 5.69 Å². The van der Waals surface area contributed by atoms with Crippen LogP contribution in [-0.2, 0) is 25.2 Å². The molecule has 0 N–H and O–H groups in total. The van der Waals surface area contributed by atoms with E-state index in [1.54, 1.807) is 12.1 Å². The lowest BCUT2D eigenvalue weighted by Crippen LogP contribution is -2.45. The van der Waals surface area contributed by atoms with Gasteiger partial charge < -0.3 is 0 Å². The van der Waals surface area contributed by atoms with Gasteiger partial charge in [0.15, 0.2) is 5.78 Å². The Morgan fingerprint density at radius 2 is 0.979 bits per heavy atom. The SMILES string of the molecule is Cc1ccc(C2=C(c3ccc(C)cc3)[C@@]3(c4ccccc4)C(=O)[C@@]2(c2ccccc2)[C@H]2C(=O)N(c4ccc(Cl)cc4Cl)C(=O)[C@@H]23)cc1. The fraction of sp³-hybridized carbons (Fsp3) is 0.146. The lowest BCUT2D eigenvalue weighted by Gasteiger charge is -2.39. The van der Waals surface area contributed by atoms with Crippen molar-refractivity contribution in [3.05, 3.63) is 171 Å². The van der Waals surface area contributed by atoms with Crippen LogP contribution in [0.2, 0.25) is 10.0 Å². The zero-order valence-corrected chi connectivity index (χ0v) is 27.2.